The van der Waals surface area contributed by atoms with Crippen LogP contribution in [0, 0.1) is 0 Å². The molecule has 0 aromatic heterocycles. The fraction of sp³-hybridized carbons (Fsp3) is 0.941. The van der Waals surface area contributed by atoms with Gasteiger partial charge in [-0.1, -0.05) is 25.7 Å². The van der Waals surface area contributed by atoms with E-state index in [0.717, 1.165) is 13.1 Å². The summed E-state index contributed by atoms with van der Waals surface area (Å²) in [7, 11) is 0. The van der Waals surface area contributed by atoms with Crippen LogP contribution in [0.4, 0.5) is 0 Å². The van der Waals surface area contributed by atoms with Crippen LogP contribution in [0.1, 0.15) is 51.4 Å². The average molecular weight is 346 g/mol. The Kier molecular flexibility index (Phi) is 7.60. The molecule has 23 heavy (non-hydrogen) atoms. The van der Waals surface area contributed by atoms with Crippen molar-refractivity contribution in [2.24, 2.45) is 0 Å². The molecule has 2 saturated heterocycles. The van der Waals surface area contributed by atoms with E-state index in [1.807, 2.05) is 0 Å². The molecule has 0 aromatic rings. The molecule has 3 fully saturated rings. The molecule has 0 spiro atoms. The van der Waals surface area contributed by atoms with Crippen LogP contribution in [0.3, 0.4) is 0 Å². The first-order chi connectivity index (χ1) is 10.8. The molecule has 2 aliphatic heterocycles. The number of nitrogens with one attached hydrogen (secondary N) is 2. The maximum absolute atomic E-state index is 12.4. The second-order valence-corrected chi connectivity index (χ2v) is 7.13. The van der Waals surface area contributed by atoms with Crippen molar-refractivity contribution >= 4 is 18.3 Å². The Morgan fingerprint density at radius 1 is 1.13 bits per heavy atom. The molecule has 6 heteroatoms. The van der Waals surface area contributed by atoms with E-state index in [-0.39, 0.29) is 29.9 Å². The zero-order valence-corrected chi connectivity index (χ0v) is 15.0. The normalized spacial score (nSPS) is 28.6. The SMILES string of the molecule is Cl.O=C(NCC1(N2CCCCC2)CCCCC1)C1COCCN1. The Balaban J connectivity index is 0.00000192. The van der Waals surface area contributed by atoms with Gasteiger partial charge >= 0.3 is 0 Å². The standard InChI is InChI=1S/C17H31N3O2.ClH/c21-16(15-13-22-12-9-18-15)19-14-17(7-3-1-4-8-17)20-10-5-2-6-11-20;/h15,18H,1-14H2,(H,19,21);1H. The highest BCUT2D eigenvalue weighted by atomic mass is 35.5. The van der Waals surface area contributed by atoms with E-state index in [0.29, 0.717) is 13.2 Å². The Morgan fingerprint density at radius 3 is 2.48 bits per heavy atom. The summed E-state index contributed by atoms with van der Waals surface area (Å²) in [6, 6.07) is -0.171. The van der Waals surface area contributed by atoms with Gasteiger partial charge in [0.25, 0.3) is 0 Å². The first kappa shape index (κ1) is 19.0. The molecule has 0 aromatic carbocycles. The third-order valence-electron chi connectivity index (χ3n) is 5.64. The number of morpholine rings is 1. The van der Waals surface area contributed by atoms with Crippen molar-refractivity contribution in [1.82, 2.24) is 15.5 Å². The van der Waals surface area contributed by atoms with Gasteiger partial charge in [0.05, 0.1) is 13.2 Å². The smallest absolute Gasteiger partial charge is 0.239 e. The summed E-state index contributed by atoms with van der Waals surface area (Å²) in [5.74, 6) is 0.113. The first-order valence-corrected chi connectivity index (χ1v) is 9.14. The first-order valence-electron chi connectivity index (χ1n) is 9.14. The maximum Gasteiger partial charge on any atom is 0.239 e. The van der Waals surface area contributed by atoms with Gasteiger partial charge in [-0.2, -0.15) is 0 Å². The quantitative estimate of drug-likeness (QED) is 0.814. The molecule has 5 nitrogen and oxygen atoms in total. The van der Waals surface area contributed by atoms with Gasteiger partial charge in [0.15, 0.2) is 0 Å². The summed E-state index contributed by atoms with van der Waals surface area (Å²) < 4.78 is 5.40. The lowest BCUT2D eigenvalue weighted by atomic mass is 9.79. The van der Waals surface area contributed by atoms with Crippen molar-refractivity contribution in [1.29, 1.82) is 0 Å². The molecule has 1 unspecified atom stereocenters. The molecule has 0 bridgehead atoms. The van der Waals surface area contributed by atoms with Gasteiger partial charge in [0.1, 0.15) is 6.04 Å². The fourth-order valence-corrected chi connectivity index (χ4v) is 4.29. The van der Waals surface area contributed by atoms with Crippen LogP contribution in [0.5, 0.6) is 0 Å². The van der Waals surface area contributed by atoms with E-state index >= 15 is 0 Å². The van der Waals surface area contributed by atoms with E-state index in [1.54, 1.807) is 0 Å². The van der Waals surface area contributed by atoms with E-state index in [2.05, 4.69) is 15.5 Å². The number of carbonyl (C=O) groups excluding carboxylic acids is 1. The Morgan fingerprint density at radius 2 is 1.83 bits per heavy atom. The predicted octanol–water partition coefficient (Wildman–Crippen LogP) is 1.70. The minimum atomic E-state index is -0.171. The molecule has 1 aliphatic carbocycles. The zero-order chi connectivity index (χ0) is 15.3. The molecule has 2 N–H and O–H groups in total. The summed E-state index contributed by atoms with van der Waals surface area (Å²) >= 11 is 0. The fourth-order valence-electron chi connectivity index (χ4n) is 4.29. The van der Waals surface area contributed by atoms with Crippen LogP contribution in [0.2, 0.25) is 0 Å². The monoisotopic (exact) mass is 345 g/mol. The number of nitrogens with zero attached hydrogens (tertiary/aromatic N) is 1. The number of rotatable bonds is 4. The maximum atomic E-state index is 12.4. The molecule has 1 saturated carbocycles. The number of hydrogen-bond acceptors (Lipinski definition) is 4. The van der Waals surface area contributed by atoms with Gasteiger partial charge in [0.2, 0.25) is 5.91 Å². The highest BCUT2D eigenvalue weighted by Gasteiger charge is 2.39. The van der Waals surface area contributed by atoms with E-state index in [1.165, 1.54) is 64.5 Å². The minimum absolute atomic E-state index is 0. The number of likely N-dealkylation sites (tertiary alicyclic amines) is 1. The summed E-state index contributed by atoms with van der Waals surface area (Å²) in [6.45, 7) is 5.21. The molecule has 0 radical (unpaired) electrons. The van der Waals surface area contributed by atoms with Crippen molar-refractivity contribution in [2.45, 2.75) is 62.9 Å². The lowest BCUT2D eigenvalue weighted by Crippen LogP contribution is -2.60. The van der Waals surface area contributed by atoms with Crippen LogP contribution >= 0.6 is 12.4 Å². The largest absolute Gasteiger partial charge is 0.378 e. The summed E-state index contributed by atoms with van der Waals surface area (Å²) in [4.78, 5) is 15.1. The van der Waals surface area contributed by atoms with Crippen molar-refractivity contribution < 1.29 is 9.53 Å². The lowest BCUT2D eigenvalue weighted by Gasteiger charge is -2.48. The van der Waals surface area contributed by atoms with Gasteiger partial charge in [-0.25, -0.2) is 0 Å². The molecule has 3 aliphatic rings. The molecule has 2 heterocycles. The second-order valence-electron chi connectivity index (χ2n) is 7.13. The van der Waals surface area contributed by atoms with Gasteiger partial charge in [-0.05, 0) is 38.8 Å². The summed E-state index contributed by atoms with van der Waals surface area (Å²) in [5, 5.41) is 6.49. The predicted molar refractivity (Wildman–Crippen MR) is 94.1 cm³/mol. The number of halogens is 1. The number of hydrogen-bond donors (Lipinski definition) is 2. The van der Waals surface area contributed by atoms with Crippen LogP contribution in [0.25, 0.3) is 0 Å². The van der Waals surface area contributed by atoms with Crippen molar-refractivity contribution in [3.63, 3.8) is 0 Å². The number of carbonyl (C=O) groups is 1. The van der Waals surface area contributed by atoms with Crippen molar-refractivity contribution in [3.05, 3.63) is 0 Å². The molecular formula is C17H32ClN3O2. The van der Waals surface area contributed by atoms with E-state index < -0.39 is 0 Å². The molecular weight excluding hydrogens is 314 g/mol. The van der Waals surface area contributed by atoms with Gasteiger partial charge in [0, 0.05) is 18.6 Å². The minimum Gasteiger partial charge on any atom is -0.378 e. The molecule has 1 amide bonds. The number of ether oxygens (including phenoxy) is 1. The van der Waals surface area contributed by atoms with Gasteiger partial charge in [-0.15, -0.1) is 12.4 Å². The highest BCUT2D eigenvalue weighted by molar-refractivity contribution is 5.85. The van der Waals surface area contributed by atoms with Crippen LogP contribution in [-0.2, 0) is 9.53 Å². The van der Waals surface area contributed by atoms with Gasteiger partial charge in [-0.3, -0.25) is 9.69 Å². The second kappa shape index (κ2) is 9.21. The van der Waals surface area contributed by atoms with E-state index in [4.69, 9.17) is 4.74 Å². The Labute approximate surface area is 146 Å². The Hall–Kier alpha value is -0.360. The molecule has 134 valence electrons. The third kappa shape index (κ3) is 4.81. The van der Waals surface area contributed by atoms with Crippen LogP contribution in [-0.4, -0.2) is 61.8 Å². The zero-order valence-electron chi connectivity index (χ0n) is 14.1. The summed E-state index contributed by atoms with van der Waals surface area (Å²) in [5.41, 5.74) is 0.212. The Bertz CT molecular complexity index is 363. The summed E-state index contributed by atoms with van der Waals surface area (Å²) in [6.07, 6.45) is 10.4. The highest BCUT2D eigenvalue weighted by Crippen LogP contribution is 2.35. The number of amides is 1. The molecule has 1 atom stereocenters. The van der Waals surface area contributed by atoms with Crippen molar-refractivity contribution in [3.8, 4) is 0 Å². The van der Waals surface area contributed by atoms with Gasteiger partial charge < -0.3 is 15.4 Å². The number of piperidine rings is 1. The average Bonchev–Trinajstić information content (AvgIpc) is 2.62. The molecule has 3 rings (SSSR count). The van der Waals surface area contributed by atoms with E-state index in [9.17, 15) is 4.79 Å². The van der Waals surface area contributed by atoms with Crippen molar-refractivity contribution in [2.75, 3.05) is 39.4 Å². The topological polar surface area (TPSA) is 53.6 Å². The third-order valence-corrected chi connectivity index (χ3v) is 5.64. The van der Waals surface area contributed by atoms with Crippen LogP contribution < -0.4 is 10.6 Å². The van der Waals surface area contributed by atoms with Crippen LogP contribution in [0.15, 0.2) is 0 Å². The lowest BCUT2D eigenvalue weighted by molar-refractivity contribution is -0.126.